The minimum absolute atomic E-state index is 0.00144. The number of carbonyl (C=O) groups is 2. The van der Waals surface area contributed by atoms with Crippen LogP contribution in [0.1, 0.15) is 22.0 Å². The van der Waals surface area contributed by atoms with Gasteiger partial charge in [-0.1, -0.05) is 24.3 Å². The van der Waals surface area contributed by atoms with Gasteiger partial charge in [0.05, 0.1) is 12.6 Å². The number of thiophene rings is 1. The molecule has 0 unspecified atom stereocenters. The number of likely N-dealkylation sites (N-methyl/N-ethyl adjacent to an activating group) is 1. The Hall–Kier alpha value is -3.06. The highest BCUT2D eigenvalue weighted by Gasteiger charge is 2.47. The van der Waals surface area contributed by atoms with Gasteiger partial charge in [-0.2, -0.15) is 0 Å². The van der Waals surface area contributed by atoms with Crippen LogP contribution in [0.15, 0.2) is 42.5 Å². The summed E-state index contributed by atoms with van der Waals surface area (Å²) < 4.78 is 12.2. The van der Waals surface area contributed by atoms with Gasteiger partial charge in [0.1, 0.15) is 6.04 Å². The molecule has 0 spiro atoms. The summed E-state index contributed by atoms with van der Waals surface area (Å²) in [6.07, 6.45) is 0.560. The summed E-state index contributed by atoms with van der Waals surface area (Å²) in [5.74, 6) is 1.36. The Kier molecular flexibility index (Phi) is 3.47. The molecule has 0 radical (unpaired) electrons. The fraction of sp³-hybridized carbons (Fsp3) is 0.273. The first-order valence-corrected chi connectivity index (χ1v) is 10.4. The standard InChI is InChI=1S/C22H18N2O4S/c1-23-10-19(25)24-14(22(23)26)9-18-20(13-4-2-3-5-17(13)29-18)21(24)12-6-7-15-16(8-12)28-11-27-15/h2-8,14,21H,9-11H2,1H3/t14-,21-/m1/s1. The van der Waals surface area contributed by atoms with E-state index in [0.717, 1.165) is 16.5 Å². The first-order valence-electron chi connectivity index (χ1n) is 9.58. The number of ether oxygens (including phenoxy) is 2. The number of amides is 2. The number of fused-ring (bicyclic) bond motifs is 5. The largest absolute Gasteiger partial charge is 0.454 e. The number of rotatable bonds is 1. The van der Waals surface area contributed by atoms with Crippen LogP contribution in [0.2, 0.25) is 0 Å². The van der Waals surface area contributed by atoms with Crippen molar-refractivity contribution >= 4 is 33.2 Å². The van der Waals surface area contributed by atoms with Crippen LogP contribution in [0.5, 0.6) is 11.5 Å². The maximum absolute atomic E-state index is 13.1. The van der Waals surface area contributed by atoms with E-state index in [1.807, 2.05) is 30.3 Å². The van der Waals surface area contributed by atoms with E-state index in [4.69, 9.17) is 9.47 Å². The Morgan fingerprint density at radius 2 is 1.90 bits per heavy atom. The molecule has 29 heavy (non-hydrogen) atoms. The third kappa shape index (κ3) is 2.34. The first-order chi connectivity index (χ1) is 14.1. The average Bonchev–Trinajstić information content (AvgIpc) is 3.34. The van der Waals surface area contributed by atoms with Crippen LogP contribution in [-0.4, -0.2) is 48.0 Å². The normalized spacial score (nSPS) is 22.8. The van der Waals surface area contributed by atoms with Gasteiger partial charge in [0.25, 0.3) is 0 Å². The Bertz CT molecular complexity index is 1190. The Labute approximate surface area is 171 Å². The van der Waals surface area contributed by atoms with E-state index < -0.39 is 6.04 Å². The molecular weight excluding hydrogens is 388 g/mol. The van der Waals surface area contributed by atoms with Crippen molar-refractivity contribution in [2.24, 2.45) is 0 Å². The predicted molar refractivity (Wildman–Crippen MR) is 108 cm³/mol. The van der Waals surface area contributed by atoms with E-state index in [1.54, 1.807) is 28.2 Å². The van der Waals surface area contributed by atoms with Crippen LogP contribution in [0.3, 0.4) is 0 Å². The minimum Gasteiger partial charge on any atom is -0.454 e. The fourth-order valence-corrected chi connectivity index (χ4v) is 5.98. The minimum atomic E-state index is -0.475. The van der Waals surface area contributed by atoms with Crippen molar-refractivity contribution in [1.82, 2.24) is 9.80 Å². The third-order valence-electron chi connectivity index (χ3n) is 6.01. The molecule has 1 saturated heterocycles. The van der Waals surface area contributed by atoms with E-state index in [-0.39, 0.29) is 31.2 Å². The second-order valence-electron chi connectivity index (χ2n) is 7.67. The maximum Gasteiger partial charge on any atom is 0.246 e. The third-order valence-corrected chi connectivity index (χ3v) is 7.22. The van der Waals surface area contributed by atoms with Gasteiger partial charge in [-0.3, -0.25) is 9.59 Å². The van der Waals surface area contributed by atoms with Crippen molar-refractivity contribution in [2.45, 2.75) is 18.5 Å². The van der Waals surface area contributed by atoms with E-state index in [1.165, 1.54) is 9.58 Å². The molecule has 6 rings (SSSR count). The summed E-state index contributed by atoms with van der Waals surface area (Å²) in [7, 11) is 1.70. The van der Waals surface area contributed by atoms with Gasteiger partial charge in [0.15, 0.2) is 11.5 Å². The lowest BCUT2D eigenvalue weighted by Crippen LogP contribution is -2.61. The van der Waals surface area contributed by atoms with E-state index in [2.05, 4.69) is 12.1 Å². The van der Waals surface area contributed by atoms with E-state index in [0.29, 0.717) is 17.9 Å². The molecule has 7 heteroatoms. The maximum atomic E-state index is 13.1. The van der Waals surface area contributed by atoms with Crippen molar-refractivity contribution in [1.29, 1.82) is 0 Å². The average molecular weight is 406 g/mol. The molecule has 0 N–H and O–H groups in total. The number of nitrogens with zero attached hydrogens (tertiary/aromatic N) is 2. The molecule has 0 aliphatic carbocycles. The van der Waals surface area contributed by atoms with E-state index >= 15 is 0 Å². The highest BCUT2D eigenvalue weighted by Crippen LogP contribution is 2.48. The highest BCUT2D eigenvalue weighted by atomic mass is 32.1. The monoisotopic (exact) mass is 406 g/mol. The lowest BCUT2D eigenvalue weighted by molar-refractivity contribution is -0.157. The fourth-order valence-electron chi connectivity index (χ4n) is 4.71. The summed E-state index contributed by atoms with van der Waals surface area (Å²) in [5, 5.41) is 1.15. The molecule has 3 aromatic rings. The van der Waals surface area contributed by atoms with Gasteiger partial charge in [-0.05, 0) is 29.1 Å². The Morgan fingerprint density at radius 3 is 2.79 bits per heavy atom. The zero-order valence-electron chi connectivity index (χ0n) is 15.8. The topological polar surface area (TPSA) is 59.1 Å². The molecule has 1 fully saturated rings. The van der Waals surface area contributed by atoms with Crippen molar-refractivity contribution in [3.05, 3.63) is 58.5 Å². The molecule has 1 aromatic heterocycles. The molecule has 146 valence electrons. The van der Waals surface area contributed by atoms with Gasteiger partial charge >= 0.3 is 0 Å². The van der Waals surface area contributed by atoms with Gasteiger partial charge in [0.2, 0.25) is 18.6 Å². The molecule has 6 nitrogen and oxygen atoms in total. The van der Waals surface area contributed by atoms with Crippen LogP contribution in [0, 0.1) is 0 Å². The molecule has 3 aliphatic heterocycles. The Morgan fingerprint density at radius 1 is 1.07 bits per heavy atom. The number of piperazine rings is 1. The summed E-state index contributed by atoms with van der Waals surface area (Å²) in [6.45, 7) is 0.304. The molecule has 4 heterocycles. The molecular formula is C22H18N2O4S. The molecule has 0 saturated carbocycles. The highest BCUT2D eigenvalue weighted by molar-refractivity contribution is 7.19. The SMILES string of the molecule is CN1CC(=O)N2[C@H](c3ccc4c(c3)OCO4)c3c(sc4ccccc34)C[C@@H]2C1=O. The van der Waals surface area contributed by atoms with Crippen molar-refractivity contribution in [2.75, 3.05) is 20.4 Å². The second kappa shape index (κ2) is 5.97. The lowest BCUT2D eigenvalue weighted by Gasteiger charge is -2.46. The van der Waals surface area contributed by atoms with Gasteiger partial charge in [-0.25, -0.2) is 0 Å². The van der Waals surface area contributed by atoms with Gasteiger partial charge < -0.3 is 19.3 Å². The van der Waals surface area contributed by atoms with E-state index in [9.17, 15) is 9.59 Å². The van der Waals surface area contributed by atoms with Crippen LogP contribution >= 0.6 is 11.3 Å². The zero-order valence-corrected chi connectivity index (χ0v) is 16.6. The molecule has 2 amide bonds. The number of benzene rings is 2. The predicted octanol–water partition coefficient (Wildman–Crippen LogP) is 2.94. The van der Waals surface area contributed by atoms with Crippen molar-refractivity contribution < 1.29 is 19.1 Å². The van der Waals surface area contributed by atoms with Gasteiger partial charge in [-0.15, -0.1) is 11.3 Å². The lowest BCUT2D eigenvalue weighted by atomic mass is 9.86. The van der Waals surface area contributed by atoms with Crippen molar-refractivity contribution in [3.8, 4) is 11.5 Å². The number of hydrogen-bond acceptors (Lipinski definition) is 5. The van der Waals surface area contributed by atoms with Crippen molar-refractivity contribution in [3.63, 3.8) is 0 Å². The molecule has 3 aliphatic rings. The first kappa shape index (κ1) is 16.9. The summed E-state index contributed by atoms with van der Waals surface area (Å²) in [4.78, 5) is 30.6. The van der Waals surface area contributed by atoms with Crippen LogP contribution in [0.4, 0.5) is 0 Å². The quantitative estimate of drug-likeness (QED) is 0.624. The van der Waals surface area contributed by atoms with Gasteiger partial charge in [0, 0.05) is 28.6 Å². The summed E-state index contributed by atoms with van der Waals surface area (Å²) in [6, 6.07) is 13.3. The molecule has 2 aromatic carbocycles. The van der Waals surface area contributed by atoms with Crippen LogP contribution in [-0.2, 0) is 16.0 Å². The zero-order chi connectivity index (χ0) is 19.7. The molecule has 0 bridgehead atoms. The Balaban J connectivity index is 1.60. The van der Waals surface area contributed by atoms with Crippen LogP contribution in [0.25, 0.3) is 10.1 Å². The number of hydrogen-bond donors (Lipinski definition) is 0. The smallest absolute Gasteiger partial charge is 0.246 e. The molecule has 2 atom stereocenters. The summed E-state index contributed by atoms with van der Waals surface area (Å²) >= 11 is 1.72. The number of carbonyl (C=O) groups excluding carboxylic acids is 2. The second-order valence-corrected chi connectivity index (χ2v) is 8.80. The van der Waals surface area contributed by atoms with Crippen LogP contribution < -0.4 is 9.47 Å². The summed E-state index contributed by atoms with van der Waals surface area (Å²) in [5.41, 5.74) is 2.07.